The molecule has 0 bridgehead atoms. The number of carbonyl (C=O) groups is 1. The van der Waals surface area contributed by atoms with E-state index in [0.29, 0.717) is 6.10 Å². The van der Waals surface area contributed by atoms with E-state index in [1.54, 1.807) is 0 Å². The highest BCUT2D eigenvalue weighted by molar-refractivity contribution is 5.77. The maximum Gasteiger partial charge on any atom is 0.248 e. The van der Waals surface area contributed by atoms with Crippen LogP contribution in [0.25, 0.3) is 0 Å². The van der Waals surface area contributed by atoms with Gasteiger partial charge in [0, 0.05) is 13.1 Å². The molecule has 1 saturated carbocycles. The van der Waals surface area contributed by atoms with Gasteiger partial charge in [0.1, 0.15) is 6.61 Å². The first-order valence-electron chi connectivity index (χ1n) is 6.83. The van der Waals surface area contributed by atoms with Gasteiger partial charge in [0.25, 0.3) is 0 Å². The molecule has 0 aromatic carbocycles. The summed E-state index contributed by atoms with van der Waals surface area (Å²) in [6.07, 6.45) is 6.10. The third-order valence-corrected chi connectivity index (χ3v) is 3.84. The van der Waals surface area contributed by atoms with Gasteiger partial charge in [-0.05, 0) is 51.6 Å². The van der Waals surface area contributed by atoms with Crippen molar-refractivity contribution in [2.75, 3.05) is 33.3 Å². The first-order valence-corrected chi connectivity index (χ1v) is 6.83. The maximum atomic E-state index is 11.8. The zero-order valence-electron chi connectivity index (χ0n) is 10.8. The number of hydrogen-bond acceptors (Lipinski definition) is 3. The van der Waals surface area contributed by atoms with Gasteiger partial charge < -0.3 is 15.0 Å². The molecule has 0 spiro atoms. The molecule has 17 heavy (non-hydrogen) atoms. The van der Waals surface area contributed by atoms with Crippen molar-refractivity contribution in [1.82, 2.24) is 10.2 Å². The number of carbonyl (C=O) groups excluding carboxylic acids is 1. The molecule has 1 N–H and O–H groups in total. The van der Waals surface area contributed by atoms with Crippen molar-refractivity contribution < 1.29 is 9.53 Å². The Balaban J connectivity index is 1.57. The van der Waals surface area contributed by atoms with Crippen LogP contribution in [0.3, 0.4) is 0 Å². The van der Waals surface area contributed by atoms with Crippen LogP contribution in [0.1, 0.15) is 32.1 Å². The highest BCUT2D eigenvalue weighted by Gasteiger charge is 2.30. The molecule has 4 nitrogen and oxygen atoms in total. The smallest absolute Gasteiger partial charge is 0.248 e. The minimum atomic E-state index is 0.182. The van der Waals surface area contributed by atoms with Crippen LogP contribution in [0, 0.1) is 5.92 Å². The van der Waals surface area contributed by atoms with Crippen molar-refractivity contribution in [3.05, 3.63) is 0 Å². The van der Waals surface area contributed by atoms with Crippen LogP contribution in [0.15, 0.2) is 0 Å². The van der Waals surface area contributed by atoms with E-state index < -0.39 is 0 Å². The number of nitrogens with zero attached hydrogens (tertiary/aromatic N) is 1. The fourth-order valence-corrected chi connectivity index (χ4v) is 2.69. The van der Waals surface area contributed by atoms with Crippen LogP contribution in [0.4, 0.5) is 0 Å². The van der Waals surface area contributed by atoms with Crippen LogP contribution >= 0.6 is 0 Å². The number of piperidine rings is 1. The highest BCUT2D eigenvalue weighted by atomic mass is 16.5. The molecule has 1 saturated heterocycles. The average Bonchev–Trinajstić information content (AvgIpc) is 2.32. The predicted molar refractivity (Wildman–Crippen MR) is 66.8 cm³/mol. The molecule has 2 fully saturated rings. The van der Waals surface area contributed by atoms with Gasteiger partial charge in [0.05, 0.1) is 6.10 Å². The van der Waals surface area contributed by atoms with Gasteiger partial charge in [-0.3, -0.25) is 4.79 Å². The van der Waals surface area contributed by atoms with Gasteiger partial charge in [0.15, 0.2) is 0 Å². The summed E-state index contributed by atoms with van der Waals surface area (Å²) < 4.78 is 5.65. The van der Waals surface area contributed by atoms with Gasteiger partial charge in [-0.2, -0.15) is 0 Å². The summed E-state index contributed by atoms with van der Waals surface area (Å²) >= 11 is 0. The first kappa shape index (κ1) is 12.8. The molecule has 2 rings (SSSR count). The normalized spacial score (nSPS) is 28.9. The van der Waals surface area contributed by atoms with Crippen LogP contribution < -0.4 is 5.32 Å². The van der Waals surface area contributed by atoms with E-state index in [0.717, 1.165) is 51.2 Å². The van der Waals surface area contributed by atoms with Crippen molar-refractivity contribution in [2.45, 2.75) is 38.2 Å². The number of amides is 1. The molecule has 1 heterocycles. The van der Waals surface area contributed by atoms with Crippen LogP contribution in [-0.4, -0.2) is 50.2 Å². The van der Waals surface area contributed by atoms with Crippen molar-refractivity contribution in [2.24, 2.45) is 5.92 Å². The summed E-state index contributed by atoms with van der Waals surface area (Å²) in [5.74, 6) is 0.928. The van der Waals surface area contributed by atoms with Gasteiger partial charge >= 0.3 is 0 Å². The summed E-state index contributed by atoms with van der Waals surface area (Å²) in [5, 5.41) is 3.18. The molecule has 0 aromatic rings. The molecule has 1 aliphatic carbocycles. The number of rotatable bonds is 5. The number of likely N-dealkylation sites (tertiary alicyclic amines) is 1. The lowest BCUT2D eigenvalue weighted by atomic mass is 9.82. The lowest BCUT2D eigenvalue weighted by Gasteiger charge is -2.35. The molecule has 4 heteroatoms. The predicted octanol–water partition coefficient (Wildman–Crippen LogP) is 1.01. The number of ether oxygens (including phenoxy) is 1. The summed E-state index contributed by atoms with van der Waals surface area (Å²) in [4.78, 5) is 13.8. The zero-order chi connectivity index (χ0) is 12.1. The zero-order valence-corrected chi connectivity index (χ0v) is 10.8. The van der Waals surface area contributed by atoms with Crippen molar-refractivity contribution in [3.8, 4) is 0 Å². The highest BCUT2D eigenvalue weighted by Crippen LogP contribution is 2.29. The lowest BCUT2D eigenvalue weighted by molar-refractivity contribution is -0.142. The average molecular weight is 240 g/mol. The Hall–Kier alpha value is -0.610. The van der Waals surface area contributed by atoms with E-state index in [9.17, 15) is 4.79 Å². The summed E-state index contributed by atoms with van der Waals surface area (Å²) in [6, 6.07) is 0. The Bertz CT molecular complexity index is 246. The van der Waals surface area contributed by atoms with Gasteiger partial charge in [0.2, 0.25) is 5.91 Å². The van der Waals surface area contributed by atoms with E-state index in [1.807, 2.05) is 11.9 Å². The van der Waals surface area contributed by atoms with Gasteiger partial charge in [-0.1, -0.05) is 0 Å². The quantitative estimate of drug-likeness (QED) is 0.780. The van der Waals surface area contributed by atoms with Crippen molar-refractivity contribution in [3.63, 3.8) is 0 Å². The minimum absolute atomic E-state index is 0.182. The SMILES string of the molecule is CNCC1CC(OCC(=O)N2CCCCC2)C1. The molecule has 2 aliphatic rings. The fraction of sp³-hybridized carbons (Fsp3) is 0.923. The Kier molecular flexibility index (Phi) is 4.80. The van der Waals surface area contributed by atoms with E-state index >= 15 is 0 Å². The lowest BCUT2D eigenvalue weighted by Crippen LogP contribution is -2.42. The van der Waals surface area contributed by atoms with Gasteiger partial charge in [-0.25, -0.2) is 0 Å². The standard InChI is InChI=1S/C13H24N2O2/c1-14-9-11-7-12(8-11)17-10-13(16)15-5-3-2-4-6-15/h11-12,14H,2-10H2,1H3. The number of hydrogen-bond donors (Lipinski definition) is 1. The molecule has 0 radical (unpaired) electrons. The van der Waals surface area contributed by atoms with Crippen LogP contribution in [-0.2, 0) is 9.53 Å². The fourth-order valence-electron chi connectivity index (χ4n) is 2.69. The Morgan fingerprint density at radius 2 is 2.00 bits per heavy atom. The third kappa shape index (κ3) is 3.68. The molecule has 98 valence electrons. The molecular formula is C13H24N2O2. The van der Waals surface area contributed by atoms with E-state index in [2.05, 4.69) is 5.32 Å². The van der Waals surface area contributed by atoms with Crippen molar-refractivity contribution in [1.29, 1.82) is 0 Å². The monoisotopic (exact) mass is 240 g/mol. The Labute approximate surface area is 104 Å². The maximum absolute atomic E-state index is 11.8. The summed E-state index contributed by atoms with van der Waals surface area (Å²) in [5.41, 5.74) is 0. The second-order valence-corrected chi connectivity index (χ2v) is 5.27. The van der Waals surface area contributed by atoms with Crippen LogP contribution in [0.5, 0.6) is 0 Å². The van der Waals surface area contributed by atoms with E-state index in [4.69, 9.17) is 4.74 Å². The Morgan fingerprint density at radius 3 is 2.65 bits per heavy atom. The summed E-state index contributed by atoms with van der Waals surface area (Å²) in [6.45, 7) is 3.21. The minimum Gasteiger partial charge on any atom is -0.368 e. The van der Waals surface area contributed by atoms with Gasteiger partial charge in [-0.15, -0.1) is 0 Å². The molecule has 1 aliphatic heterocycles. The van der Waals surface area contributed by atoms with E-state index in [-0.39, 0.29) is 12.5 Å². The molecule has 0 unspecified atom stereocenters. The molecule has 0 aromatic heterocycles. The second kappa shape index (κ2) is 6.36. The van der Waals surface area contributed by atoms with Crippen molar-refractivity contribution >= 4 is 5.91 Å². The molecular weight excluding hydrogens is 216 g/mol. The number of nitrogens with one attached hydrogen (secondary N) is 1. The van der Waals surface area contributed by atoms with Crippen LogP contribution in [0.2, 0.25) is 0 Å². The topological polar surface area (TPSA) is 41.6 Å². The second-order valence-electron chi connectivity index (χ2n) is 5.27. The molecule has 1 amide bonds. The third-order valence-electron chi connectivity index (χ3n) is 3.84. The largest absolute Gasteiger partial charge is 0.368 e. The van der Waals surface area contributed by atoms with E-state index in [1.165, 1.54) is 6.42 Å². The first-order chi connectivity index (χ1) is 8.29. The Morgan fingerprint density at radius 1 is 1.29 bits per heavy atom. The summed E-state index contributed by atoms with van der Waals surface area (Å²) in [7, 11) is 1.98. The molecule has 0 atom stereocenters.